The molecule has 0 radical (unpaired) electrons. The molecule has 0 aromatic carbocycles. The fourth-order valence-corrected chi connectivity index (χ4v) is 1.57. The summed E-state index contributed by atoms with van der Waals surface area (Å²) in [6.07, 6.45) is 3.20. The molecule has 0 aromatic heterocycles. The van der Waals surface area contributed by atoms with E-state index in [-0.39, 0.29) is 6.10 Å². The molecule has 0 unspecified atom stereocenters. The van der Waals surface area contributed by atoms with Crippen LogP contribution in [0, 0.1) is 0 Å². The number of carbonyl (C=O) groups excluding carboxylic acids is 1. The van der Waals surface area contributed by atoms with Crippen LogP contribution in [-0.2, 0) is 9.53 Å². The fraction of sp³-hybridized carbons (Fsp3) is 0.700. The summed E-state index contributed by atoms with van der Waals surface area (Å²) in [5, 5.41) is 0. The van der Waals surface area contributed by atoms with Gasteiger partial charge in [-0.15, -0.1) is 0 Å². The second-order valence-corrected chi connectivity index (χ2v) is 3.51. The summed E-state index contributed by atoms with van der Waals surface area (Å²) < 4.78 is 4.91. The van der Waals surface area contributed by atoms with Gasteiger partial charge in [0.15, 0.2) is 0 Å². The highest BCUT2D eigenvalue weighted by Gasteiger charge is 2.22. The Morgan fingerprint density at radius 3 is 3.08 bits per heavy atom. The standard InChI is InChI=1S/C10H17NO2/c1-3-9(2)6-11-5-4-10(7-11)13-8-12/h3,8,10H,4-7H2,1-2H3/b9-3+/t10-/m1/s1. The second kappa shape index (κ2) is 5.02. The minimum Gasteiger partial charge on any atom is -0.463 e. The molecule has 0 bridgehead atoms. The largest absolute Gasteiger partial charge is 0.463 e. The third-order valence-electron chi connectivity index (χ3n) is 2.44. The Labute approximate surface area is 79.4 Å². The summed E-state index contributed by atoms with van der Waals surface area (Å²) in [6.45, 7) is 7.62. The van der Waals surface area contributed by atoms with Crippen LogP contribution in [0.4, 0.5) is 0 Å². The van der Waals surface area contributed by atoms with Crippen molar-refractivity contribution in [2.45, 2.75) is 26.4 Å². The predicted molar refractivity (Wildman–Crippen MR) is 51.4 cm³/mol. The molecule has 1 fully saturated rings. The first-order chi connectivity index (χ1) is 6.26. The molecular formula is C10H17NO2. The summed E-state index contributed by atoms with van der Waals surface area (Å²) in [4.78, 5) is 12.4. The minimum absolute atomic E-state index is 0.113. The highest BCUT2D eigenvalue weighted by Crippen LogP contribution is 2.13. The van der Waals surface area contributed by atoms with E-state index in [1.54, 1.807) is 0 Å². The minimum atomic E-state index is 0.113. The molecule has 1 aliphatic heterocycles. The highest BCUT2D eigenvalue weighted by molar-refractivity contribution is 5.37. The fourth-order valence-electron chi connectivity index (χ4n) is 1.57. The Bertz CT molecular complexity index is 201. The van der Waals surface area contributed by atoms with Gasteiger partial charge in [-0.25, -0.2) is 0 Å². The molecule has 0 saturated carbocycles. The Morgan fingerprint density at radius 2 is 2.46 bits per heavy atom. The first-order valence-corrected chi connectivity index (χ1v) is 4.69. The molecule has 0 amide bonds. The van der Waals surface area contributed by atoms with Gasteiger partial charge in [-0.1, -0.05) is 11.6 Å². The molecule has 3 nitrogen and oxygen atoms in total. The molecule has 13 heavy (non-hydrogen) atoms. The summed E-state index contributed by atoms with van der Waals surface area (Å²) in [6, 6.07) is 0. The SMILES string of the molecule is C/C=C(\C)CN1CC[C@@H](OC=O)C1. The zero-order valence-electron chi connectivity index (χ0n) is 8.32. The van der Waals surface area contributed by atoms with Crippen molar-refractivity contribution in [3.8, 4) is 0 Å². The Kier molecular flexibility index (Phi) is 3.96. The van der Waals surface area contributed by atoms with Crippen molar-refractivity contribution < 1.29 is 9.53 Å². The molecular weight excluding hydrogens is 166 g/mol. The van der Waals surface area contributed by atoms with Gasteiger partial charge in [0.2, 0.25) is 0 Å². The van der Waals surface area contributed by atoms with E-state index in [0.717, 1.165) is 26.1 Å². The molecule has 0 aromatic rings. The molecule has 0 spiro atoms. The Balaban J connectivity index is 2.28. The van der Waals surface area contributed by atoms with Gasteiger partial charge >= 0.3 is 0 Å². The maximum Gasteiger partial charge on any atom is 0.293 e. The van der Waals surface area contributed by atoms with Crippen LogP contribution < -0.4 is 0 Å². The lowest BCUT2D eigenvalue weighted by atomic mass is 10.3. The van der Waals surface area contributed by atoms with Crippen LogP contribution in [0.1, 0.15) is 20.3 Å². The lowest BCUT2D eigenvalue weighted by Crippen LogP contribution is -2.24. The monoisotopic (exact) mass is 183 g/mol. The third-order valence-corrected chi connectivity index (χ3v) is 2.44. The van der Waals surface area contributed by atoms with Gasteiger partial charge < -0.3 is 4.74 Å². The van der Waals surface area contributed by atoms with E-state index >= 15 is 0 Å². The van der Waals surface area contributed by atoms with Gasteiger partial charge in [-0.3, -0.25) is 9.69 Å². The average molecular weight is 183 g/mol. The number of ether oxygens (including phenoxy) is 1. The highest BCUT2D eigenvalue weighted by atomic mass is 16.5. The lowest BCUT2D eigenvalue weighted by Gasteiger charge is -2.15. The van der Waals surface area contributed by atoms with Gasteiger partial charge in [-0.05, 0) is 20.3 Å². The van der Waals surface area contributed by atoms with Gasteiger partial charge in [-0.2, -0.15) is 0 Å². The quantitative estimate of drug-likeness (QED) is 0.484. The second-order valence-electron chi connectivity index (χ2n) is 3.51. The van der Waals surface area contributed by atoms with E-state index < -0.39 is 0 Å². The third kappa shape index (κ3) is 3.19. The molecule has 1 saturated heterocycles. The first kappa shape index (κ1) is 10.3. The van der Waals surface area contributed by atoms with E-state index in [2.05, 4.69) is 17.9 Å². The van der Waals surface area contributed by atoms with Crippen molar-refractivity contribution in [3.63, 3.8) is 0 Å². The molecule has 1 heterocycles. The van der Waals surface area contributed by atoms with E-state index in [4.69, 9.17) is 4.74 Å². The maximum atomic E-state index is 10.1. The van der Waals surface area contributed by atoms with Crippen molar-refractivity contribution >= 4 is 6.47 Å². The Hall–Kier alpha value is -0.830. The smallest absolute Gasteiger partial charge is 0.293 e. The van der Waals surface area contributed by atoms with Crippen LogP contribution in [-0.4, -0.2) is 37.1 Å². The molecule has 74 valence electrons. The van der Waals surface area contributed by atoms with Crippen molar-refractivity contribution in [2.75, 3.05) is 19.6 Å². The zero-order chi connectivity index (χ0) is 9.68. The summed E-state index contributed by atoms with van der Waals surface area (Å²) in [7, 11) is 0. The maximum absolute atomic E-state index is 10.1. The number of carbonyl (C=O) groups is 1. The topological polar surface area (TPSA) is 29.5 Å². The molecule has 0 N–H and O–H groups in total. The molecule has 1 atom stereocenters. The van der Waals surface area contributed by atoms with Gasteiger partial charge in [0.25, 0.3) is 6.47 Å². The summed E-state index contributed by atoms with van der Waals surface area (Å²) in [5.41, 5.74) is 1.37. The van der Waals surface area contributed by atoms with Gasteiger partial charge in [0.1, 0.15) is 6.10 Å². The van der Waals surface area contributed by atoms with Crippen LogP contribution >= 0.6 is 0 Å². The van der Waals surface area contributed by atoms with E-state index in [0.29, 0.717) is 6.47 Å². The normalized spacial score (nSPS) is 24.8. The number of allylic oxidation sites excluding steroid dienone is 1. The van der Waals surface area contributed by atoms with E-state index in [1.165, 1.54) is 5.57 Å². The molecule has 1 rings (SSSR count). The first-order valence-electron chi connectivity index (χ1n) is 4.69. The predicted octanol–water partition coefficient (Wildman–Crippen LogP) is 1.20. The van der Waals surface area contributed by atoms with Crippen molar-refractivity contribution in [3.05, 3.63) is 11.6 Å². The zero-order valence-corrected chi connectivity index (χ0v) is 8.32. The van der Waals surface area contributed by atoms with Crippen LogP contribution in [0.2, 0.25) is 0 Å². The van der Waals surface area contributed by atoms with Gasteiger partial charge in [0.05, 0.1) is 0 Å². The summed E-state index contributed by atoms with van der Waals surface area (Å²) >= 11 is 0. The van der Waals surface area contributed by atoms with Crippen LogP contribution in [0.25, 0.3) is 0 Å². The van der Waals surface area contributed by atoms with Crippen molar-refractivity contribution in [1.29, 1.82) is 0 Å². The number of likely N-dealkylation sites (tertiary alicyclic amines) is 1. The van der Waals surface area contributed by atoms with E-state index in [9.17, 15) is 4.79 Å². The number of hydrogen-bond acceptors (Lipinski definition) is 3. The van der Waals surface area contributed by atoms with Gasteiger partial charge in [0, 0.05) is 19.6 Å². The molecule has 1 aliphatic rings. The number of rotatable bonds is 4. The van der Waals surface area contributed by atoms with Crippen LogP contribution in [0.5, 0.6) is 0 Å². The van der Waals surface area contributed by atoms with Crippen LogP contribution in [0.15, 0.2) is 11.6 Å². The molecule has 3 heteroatoms. The van der Waals surface area contributed by atoms with E-state index in [1.807, 2.05) is 6.92 Å². The lowest BCUT2D eigenvalue weighted by molar-refractivity contribution is -0.132. The average Bonchev–Trinajstić information content (AvgIpc) is 2.53. The van der Waals surface area contributed by atoms with Crippen molar-refractivity contribution in [1.82, 2.24) is 4.90 Å². The van der Waals surface area contributed by atoms with Crippen molar-refractivity contribution in [2.24, 2.45) is 0 Å². The Morgan fingerprint density at radius 1 is 1.69 bits per heavy atom. The number of nitrogens with zero attached hydrogens (tertiary/aromatic N) is 1. The van der Waals surface area contributed by atoms with Crippen LogP contribution in [0.3, 0.4) is 0 Å². The molecule has 0 aliphatic carbocycles. The summed E-state index contributed by atoms with van der Waals surface area (Å²) in [5.74, 6) is 0. The number of hydrogen-bond donors (Lipinski definition) is 0.